The van der Waals surface area contributed by atoms with Crippen LogP contribution in [0, 0.1) is 31.1 Å². The van der Waals surface area contributed by atoms with Crippen LogP contribution in [0.2, 0.25) is 0 Å². The molecule has 4 aliphatic carbocycles. The van der Waals surface area contributed by atoms with E-state index >= 15 is 0 Å². The Balaban J connectivity index is 0.000000362. The minimum Gasteiger partial charge on any atom is -0.358 e. The average Bonchev–Trinajstić information content (AvgIpc) is 2.25. The van der Waals surface area contributed by atoms with Crippen molar-refractivity contribution in [2.24, 2.45) is 23.7 Å². The molecule has 0 unspecified atom stereocenters. The summed E-state index contributed by atoms with van der Waals surface area (Å²) in [6.07, 6.45) is 6.41. The maximum atomic E-state index is 11.6. The minimum absolute atomic E-state index is 0. The van der Waals surface area contributed by atoms with Gasteiger partial charge in [-0.2, -0.15) is 0 Å². The Morgan fingerprint density at radius 2 is 1.42 bits per heavy atom. The molecule has 0 saturated heterocycles. The molecule has 4 fully saturated rings. The molecular weight excluding hydrogens is 255 g/mol. The third-order valence-electron chi connectivity index (χ3n) is 4.28. The summed E-state index contributed by atoms with van der Waals surface area (Å²) >= 11 is 4.87. The first-order valence-corrected chi connectivity index (χ1v) is 6.74. The SMILES string of the molecule is C=C(C)C(=O)Cl.O=C1C2CC3CC(C2)CC1C3.[CH3-].[Li+]. The van der Waals surface area contributed by atoms with Crippen molar-refractivity contribution in [3.63, 3.8) is 0 Å². The molecule has 4 bridgehead atoms. The largest absolute Gasteiger partial charge is 1.00 e. The second kappa shape index (κ2) is 7.67. The van der Waals surface area contributed by atoms with Gasteiger partial charge >= 0.3 is 18.9 Å². The zero-order valence-corrected chi connectivity index (χ0v) is 13.0. The van der Waals surface area contributed by atoms with E-state index < -0.39 is 5.24 Å². The van der Waals surface area contributed by atoms with Crippen molar-refractivity contribution in [3.8, 4) is 0 Å². The van der Waals surface area contributed by atoms with Crippen LogP contribution in [0.1, 0.15) is 39.0 Å². The van der Waals surface area contributed by atoms with Crippen molar-refractivity contribution < 1.29 is 28.4 Å². The second-order valence-corrected chi connectivity index (χ2v) is 6.10. The molecule has 4 saturated carbocycles. The summed E-state index contributed by atoms with van der Waals surface area (Å²) in [4.78, 5) is 21.4. The van der Waals surface area contributed by atoms with Crippen molar-refractivity contribution in [3.05, 3.63) is 19.6 Å². The molecule has 0 heterocycles. The Morgan fingerprint density at radius 1 is 1.11 bits per heavy atom. The fraction of sp³-hybridized carbons (Fsp3) is 0.667. The monoisotopic (exact) mass is 276 g/mol. The van der Waals surface area contributed by atoms with E-state index in [0.717, 1.165) is 11.8 Å². The van der Waals surface area contributed by atoms with E-state index in [-0.39, 0.29) is 26.3 Å². The molecule has 0 N–H and O–H groups in total. The zero-order chi connectivity index (χ0) is 12.6. The summed E-state index contributed by atoms with van der Waals surface area (Å²) in [6, 6.07) is 0. The number of halogens is 1. The minimum atomic E-state index is -0.463. The standard InChI is InChI=1S/C10H14O.C4H5ClO.CH3.Li/c11-10-8-2-6-1-7(4-8)5-9(10)3-6;1-3(2)4(5)6;;/h6-9H,1-5H2;1H2,2H3;1H3;/q;;-1;+1. The van der Waals surface area contributed by atoms with E-state index in [1.807, 2.05) is 0 Å². The van der Waals surface area contributed by atoms with Gasteiger partial charge in [0, 0.05) is 17.4 Å². The molecular formula is C15H22ClLiO2. The van der Waals surface area contributed by atoms with Crippen molar-refractivity contribution >= 4 is 22.6 Å². The van der Waals surface area contributed by atoms with Crippen LogP contribution in [0.4, 0.5) is 0 Å². The van der Waals surface area contributed by atoms with E-state index in [1.54, 1.807) is 6.92 Å². The molecule has 0 spiro atoms. The van der Waals surface area contributed by atoms with Crippen LogP contribution in [0.25, 0.3) is 0 Å². The number of ketones is 1. The molecule has 4 aliphatic rings. The first-order chi connectivity index (χ1) is 7.97. The van der Waals surface area contributed by atoms with Crippen LogP contribution in [-0.2, 0) is 9.59 Å². The molecule has 0 aromatic rings. The quantitative estimate of drug-likeness (QED) is 0.307. The smallest absolute Gasteiger partial charge is 0.358 e. The molecule has 0 aromatic carbocycles. The third-order valence-corrected chi connectivity index (χ3v) is 4.60. The van der Waals surface area contributed by atoms with Gasteiger partial charge in [-0.05, 0) is 62.5 Å². The predicted molar refractivity (Wildman–Crippen MR) is 74.1 cm³/mol. The zero-order valence-electron chi connectivity index (χ0n) is 12.2. The van der Waals surface area contributed by atoms with Gasteiger partial charge in [0.15, 0.2) is 0 Å². The molecule has 4 heteroatoms. The Morgan fingerprint density at radius 3 is 1.68 bits per heavy atom. The average molecular weight is 277 g/mol. The summed E-state index contributed by atoms with van der Waals surface area (Å²) in [6.45, 7) is 4.84. The van der Waals surface area contributed by atoms with Crippen LogP contribution in [0.5, 0.6) is 0 Å². The molecule has 0 atom stereocenters. The first-order valence-electron chi connectivity index (χ1n) is 6.36. The van der Waals surface area contributed by atoms with Gasteiger partial charge in [0.2, 0.25) is 5.24 Å². The first kappa shape index (κ1) is 19.0. The van der Waals surface area contributed by atoms with Gasteiger partial charge in [-0.1, -0.05) is 6.58 Å². The predicted octanol–water partition coefficient (Wildman–Crippen LogP) is 0.794. The maximum Gasteiger partial charge on any atom is 1.00 e. The number of allylic oxidation sites excluding steroid dienone is 1. The van der Waals surface area contributed by atoms with E-state index in [9.17, 15) is 9.59 Å². The molecule has 0 aromatic heterocycles. The normalized spacial score (nSPS) is 33.5. The summed E-state index contributed by atoms with van der Waals surface area (Å²) in [5.74, 6) is 3.51. The molecule has 4 rings (SSSR count). The van der Waals surface area contributed by atoms with Crippen molar-refractivity contribution in [2.45, 2.75) is 39.0 Å². The van der Waals surface area contributed by atoms with Gasteiger partial charge in [-0.3, -0.25) is 9.59 Å². The Labute approximate surface area is 133 Å². The molecule has 102 valence electrons. The van der Waals surface area contributed by atoms with E-state index in [0.29, 0.717) is 23.2 Å². The van der Waals surface area contributed by atoms with Crippen LogP contribution in [0.15, 0.2) is 12.2 Å². The number of hydrogen-bond acceptors (Lipinski definition) is 2. The summed E-state index contributed by atoms with van der Waals surface area (Å²) in [5.41, 5.74) is 0.386. The van der Waals surface area contributed by atoms with Crippen LogP contribution >= 0.6 is 11.6 Å². The van der Waals surface area contributed by atoms with Gasteiger partial charge < -0.3 is 7.43 Å². The van der Waals surface area contributed by atoms with Crippen LogP contribution in [0.3, 0.4) is 0 Å². The summed E-state index contributed by atoms with van der Waals surface area (Å²) in [7, 11) is 0. The number of carbonyl (C=O) groups excluding carboxylic acids is 2. The van der Waals surface area contributed by atoms with Gasteiger partial charge in [-0.15, -0.1) is 0 Å². The summed E-state index contributed by atoms with van der Waals surface area (Å²) in [5, 5.41) is -0.463. The van der Waals surface area contributed by atoms with E-state index in [1.165, 1.54) is 32.1 Å². The van der Waals surface area contributed by atoms with Gasteiger partial charge in [0.25, 0.3) is 0 Å². The molecule has 2 nitrogen and oxygen atoms in total. The second-order valence-electron chi connectivity index (χ2n) is 5.76. The van der Waals surface area contributed by atoms with Gasteiger partial charge in [0.05, 0.1) is 0 Å². The molecule has 19 heavy (non-hydrogen) atoms. The number of Topliss-reactive ketones (excluding diaryl/α,β-unsaturated/α-hetero) is 1. The van der Waals surface area contributed by atoms with Crippen molar-refractivity contribution in [1.29, 1.82) is 0 Å². The molecule has 0 aliphatic heterocycles. The summed E-state index contributed by atoms with van der Waals surface area (Å²) < 4.78 is 0. The Hall–Kier alpha value is -0.0326. The van der Waals surface area contributed by atoms with Gasteiger partial charge in [-0.25, -0.2) is 0 Å². The van der Waals surface area contributed by atoms with Crippen LogP contribution < -0.4 is 18.9 Å². The van der Waals surface area contributed by atoms with Crippen LogP contribution in [-0.4, -0.2) is 11.0 Å². The Bertz CT molecular complexity index is 323. The molecule has 0 radical (unpaired) electrons. The number of carbonyl (C=O) groups is 2. The van der Waals surface area contributed by atoms with E-state index in [2.05, 4.69) is 6.58 Å². The number of hydrogen-bond donors (Lipinski definition) is 0. The van der Waals surface area contributed by atoms with E-state index in [4.69, 9.17) is 11.6 Å². The fourth-order valence-corrected chi connectivity index (χ4v) is 3.65. The topological polar surface area (TPSA) is 34.1 Å². The number of rotatable bonds is 1. The molecule has 0 amide bonds. The fourth-order valence-electron chi connectivity index (χ4n) is 3.65. The Kier molecular flexibility index (Phi) is 7.66. The third kappa shape index (κ3) is 4.48. The van der Waals surface area contributed by atoms with Gasteiger partial charge in [0.1, 0.15) is 5.78 Å². The van der Waals surface area contributed by atoms with Crippen molar-refractivity contribution in [2.75, 3.05) is 0 Å². The maximum absolute atomic E-state index is 11.6. The van der Waals surface area contributed by atoms with Crippen molar-refractivity contribution in [1.82, 2.24) is 0 Å².